The number of carbonyl (C=O) groups is 2. The average Bonchev–Trinajstić information content (AvgIpc) is 3.20. The van der Waals surface area contributed by atoms with Gasteiger partial charge in [-0.05, 0) is 67.7 Å². The second-order valence-corrected chi connectivity index (χ2v) is 8.77. The number of nitrogens with zero attached hydrogens (tertiary/aromatic N) is 1. The Hall–Kier alpha value is -2.70. The van der Waals surface area contributed by atoms with Crippen LogP contribution in [0.2, 0.25) is 5.02 Å². The Morgan fingerprint density at radius 3 is 2.56 bits per heavy atom. The number of benzene rings is 2. The molecule has 1 N–H and O–H groups in total. The SMILES string of the molecule is O=C(/C=C/c1ccccc1Cl)NC[C@@H]1CCC2(CCN(C(=O)c3ccc(F)cc3)CC2)O1. The van der Waals surface area contributed by atoms with Crippen molar-refractivity contribution in [2.24, 2.45) is 0 Å². The summed E-state index contributed by atoms with van der Waals surface area (Å²) in [4.78, 5) is 26.6. The summed E-state index contributed by atoms with van der Waals surface area (Å²) in [6.07, 6.45) is 6.45. The number of nitrogens with one attached hydrogen (secondary N) is 1. The lowest BCUT2D eigenvalue weighted by molar-refractivity contribution is -0.118. The van der Waals surface area contributed by atoms with Crippen LogP contribution in [-0.2, 0) is 9.53 Å². The molecule has 2 heterocycles. The fraction of sp³-hybridized carbons (Fsp3) is 0.360. The summed E-state index contributed by atoms with van der Waals surface area (Å²) >= 11 is 6.10. The molecule has 0 unspecified atom stereocenters. The van der Waals surface area contributed by atoms with Crippen molar-refractivity contribution in [3.05, 3.63) is 76.6 Å². The molecular weight excluding hydrogens is 431 g/mol. The zero-order valence-electron chi connectivity index (χ0n) is 17.7. The summed E-state index contributed by atoms with van der Waals surface area (Å²) in [6.45, 7) is 1.66. The first-order chi connectivity index (χ1) is 15.4. The molecule has 2 saturated heterocycles. The molecule has 2 fully saturated rings. The molecule has 2 aromatic carbocycles. The normalized spacial score (nSPS) is 20.1. The van der Waals surface area contributed by atoms with Crippen molar-refractivity contribution in [3.63, 3.8) is 0 Å². The van der Waals surface area contributed by atoms with Gasteiger partial charge in [0.2, 0.25) is 5.91 Å². The average molecular weight is 457 g/mol. The van der Waals surface area contributed by atoms with E-state index in [1.165, 1.54) is 30.3 Å². The molecule has 168 valence electrons. The van der Waals surface area contributed by atoms with E-state index in [9.17, 15) is 14.0 Å². The van der Waals surface area contributed by atoms with E-state index in [0.717, 1.165) is 31.2 Å². The van der Waals surface area contributed by atoms with Crippen molar-refractivity contribution in [2.45, 2.75) is 37.4 Å². The van der Waals surface area contributed by atoms with Crippen molar-refractivity contribution >= 4 is 29.5 Å². The van der Waals surface area contributed by atoms with Gasteiger partial charge in [0.1, 0.15) is 5.82 Å². The predicted molar refractivity (Wildman–Crippen MR) is 122 cm³/mol. The number of piperidine rings is 1. The topological polar surface area (TPSA) is 58.6 Å². The van der Waals surface area contributed by atoms with Crippen molar-refractivity contribution in [3.8, 4) is 0 Å². The fourth-order valence-electron chi connectivity index (χ4n) is 4.35. The van der Waals surface area contributed by atoms with Gasteiger partial charge in [0.25, 0.3) is 5.91 Å². The van der Waals surface area contributed by atoms with Gasteiger partial charge < -0.3 is 15.0 Å². The molecule has 5 nitrogen and oxygen atoms in total. The number of ether oxygens (including phenoxy) is 1. The van der Waals surface area contributed by atoms with E-state index in [1.807, 2.05) is 18.2 Å². The monoisotopic (exact) mass is 456 g/mol. The second-order valence-electron chi connectivity index (χ2n) is 8.36. The maximum Gasteiger partial charge on any atom is 0.253 e. The van der Waals surface area contributed by atoms with Crippen molar-refractivity contribution in [2.75, 3.05) is 19.6 Å². The molecule has 2 aliphatic rings. The molecule has 0 radical (unpaired) electrons. The van der Waals surface area contributed by atoms with Gasteiger partial charge in [-0.2, -0.15) is 0 Å². The van der Waals surface area contributed by atoms with Crippen LogP contribution >= 0.6 is 11.6 Å². The molecule has 32 heavy (non-hydrogen) atoms. The minimum absolute atomic E-state index is 0.0352. The maximum atomic E-state index is 13.1. The highest BCUT2D eigenvalue weighted by molar-refractivity contribution is 6.32. The number of halogens is 2. The molecule has 1 atom stereocenters. The standard InChI is InChI=1S/C25H26ClFN2O3/c26-22-4-2-1-3-18(22)7-10-23(30)28-17-21-11-12-25(32-21)13-15-29(16-14-25)24(31)19-5-8-20(27)9-6-19/h1-10,21H,11-17H2,(H,28,30)/b10-7+/t21-/m0/s1. The molecule has 2 aliphatic heterocycles. The Labute approximate surface area is 192 Å². The predicted octanol–water partition coefficient (Wildman–Crippen LogP) is 4.46. The van der Waals surface area contributed by atoms with Crippen LogP contribution in [-0.4, -0.2) is 48.1 Å². The Balaban J connectivity index is 1.23. The summed E-state index contributed by atoms with van der Waals surface area (Å²) in [6, 6.07) is 13.0. The second kappa shape index (κ2) is 9.84. The quantitative estimate of drug-likeness (QED) is 0.676. The fourth-order valence-corrected chi connectivity index (χ4v) is 4.55. The van der Waals surface area contributed by atoms with Crippen LogP contribution in [0, 0.1) is 5.82 Å². The molecule has 0 saturated carbocycles. The number of rotatable bonds is 5. The third-order valence-electron chi connectivity index (χ3n) is 6.22. The minimum Gasteiger partial charge on any atom is -0.370 e. The zero-order chi connectivity index (χ0) is 22.6. The van der Waals surface area contributed by atoms with E-state index >= 15 is 0 Å². The van der Waals surface area contributed by atoms with Crippen LogP contribution in [0.5, 0.6) is 0 Å². The molecule has 0 bridgehead atoms. The number of carbonyl (C=O) groups excluding carboxylic acids is 2. The van der Waals surface area contributed by atoms with Crippen LogP contribution in [0.25, 0.3) is 6.08 Å². The first-order valence-corrected chi connectivity index (χ1v) is 11.3. The smallest absolute Gasteiger partial charge is 0.253 e. The Morgan fingerprint density at radius 1 is 1.12 bits per heavy atom. The van der Waals surface area contributed by atoms with E-state index in [-0.39, 0.29) is 29.3 Å². The number of amides is 2. The van der Waals surface area contributed by atoms with Gasteiger partial charge in [0, 0.05) is 36.3 Å². The van der Waals surface area contributed by atoms with Gasteiger partial charge in [-0.15, -0.1) is 0 Å². The van der Waals surface area contributed by atoms with Crippen molar-refractivity contribution < 1.29 is 18.7 Å². The zero-order valence-corrected chi connectivity index (χ0v) is 18.5. The largest absolute Gasteiger partial charge is 0.370 e. The number of likely N-dealkylation sites (tertiary alicyclic amines) is 1. The lowest BCUT2D eigenvalue weighted by Crippen LogP contribution is -2.47. The van der Waals surface area contributed by atoms with Gasteiger partial charge in [0.15, 0.2) is 0 Å². The summed E-state index contributed by atoms with van der Waals surface area (Å²) in [5.41, 5.74) is 1.06. The maximum absolute atomic E-state index is 13.1. The highest BCUT2D eigenvalue weighted by Gasteiger charge is 2.43. The summed E-state index contributed by atoms with van der Waals surface area (Å²) < 4.78 is 19.4. The first-order valence-electron chi connectivity index (χ1n) is 10.9. The summed E-state index contributed by atoms with van der Waals surface area (Å²) in [7, 11) is 0. The number of hydrogen-bond acceptors (Lipinski definition) is 3. The van der Waals surface area contributed by atoms with Gasteiger partial charge in [0.05, 0.1) is 11.7 Å². The van der Waals surface area contributed by atoms with E-state index < -0.39 is 0 Å². The van der Waals surface area contributed by atoms with Gasteiger partial charge in [-0.1, -0.05) is 29.8 Å². The van der Waals surface area contributed by atoms with Gasteiger partial charge in [-0.25, -0.2) is 4.39 Å². The van der Waals surface area contributed by atoms with Crippen LogP contribution in [0.3, 0.4) is 0 Å². The van der Waals surface area contributed by atoms with E-state index in [1.54, 1.807) is 17.0 Å². The molecule has 0 aliphatic carbocycles. The van der Waals surface area contributed by atoms with Crippen LogP contribution in [0.4, 0.5) is 4.39 Å². The summed E-state index contributed by atoms with van der Waals surface area (Å²) in [5, 5.41) is 3.50. The lowest BCUT2D eigenvalue weighted by Gasteiger charge is -2.39. The van der Waals surface area contributed by atoms with Crippen LogP contribution < -0.4 is 5.32 Å². The lowest BCUT2D eigenvalue weighted by atomic mass is 9.88. The molecule has 4 rings (SSSR count). The van der Waals surface area contributed by atoms with E-state index in [0.29, 0.717) is 30.2 Å². The van der Waals surface area contributed by atoms with Gasteiger partial charge >= 0.3 is 0 Å². The summed E-state index contributed by atoms with van der Waals surface area (Å²) in [5.74, 6) is -0.614. The Morgan fingerprint density at radius 2 is 1.84 bits per heavy atom. The molecule has 7 heteroatoms. The molecule has 0 aromatic heterocycles. The van der Waals surface area contributed by atoms with Crippen molar-refractivity contribution in [1.82, 2.24) is 10.2 Å². The molecular formula is C25H26ClFN2O3. The number of hydrogen-bond donors (Lipinski definition) is 1. The third kappa shape index (κ3) is 5.37. The van der Waals surface area contributed by atoms with E-state index in [2.05, 4.69) is 5.32 Å². The molecule has 2 aromatic rings. The van der Waals surface area contributed by atoms with Crippen LogP contribution in [0.1, 0.15) is 41.6 Å². The third-order valence-corrected chi connectivity index (χ3v) is 6.56. The van der Waals surface area contributed by atoms with E-state index in [4.69, 9.17) is 16.3 Å². The van der Waals surface area contributed by atoms with Crippen molar-refractivity contribution in [1.29, 1.82) is 0 Å². The molecule has 2 amide bonds. The van der Waals surface area contributed by atoms with Gasteiger partial charge in [-0.3, -0.25) is 9.59 Å². The Bertz CT molecular complexity index is 1000. The first kappa shape index (κ1) is 22.5. The highest BCUT2D eigenvalue weighted by atomic mass is 35.5. The van der Waals surface area contributed by atoms with Crippen LogP contribution in [0.15, 0.2) is 54.6 Å². The minimum atomic E-state index is -0.351. The molecule has 1 spiro atoms. The Kier molecular flexibility index (Phi) is 6.92. The highest BCUT2D eigenvalue weighted by Crippen LogP contribution is 2.39.